The third-order valence-corrected chi connectivity index (χ3v) is 4.93. The van der Waals surface area contributed by atoms with Gasteiger partial charge in [0.15, 0.2) is 12.6 Å². The highest BCUT2D eigenvalue weighted by molar-refractivity contribution is 6.20. The fraction of sp³-hybridized carbons (Fsp3) is 1.00. The van der Waals surface area contributed by atoms with Crippen LogP contribution in [0, 0.1) is 0 Å². The highest BCUT2D eigenvalue weighted by Gasteiger charge is 2.18. The molecule has 0 aromatic rings. The first-order valence-electron chi connectivity index (χ1n) is 11.2. The van der Waals surface area contributed by atoms with Crippen LogP contribution >= 0.6 is 23.2 Å². The molecule has 0 aliphatic carbocycles. The number of unbranched alkanes of at least 4 members (excludes halogenated alkanes) is 4. The molecule has 3 nitrogen and oxygen atoms in total. The van der Waals surface area contributed by atoms with Crippen LogP contribution in [-0.4, -0.2) is 36.5 Å². The summed E-state index contributed by atoms with van der Waals surface area (Å²) in [6.45, 7) is 9.97. The molecule has 0 saturated carbocycles. The van der Waals surface area contributed by atoms with Gasteiger partial charge in [0.05, 0.1) is 0 Å². The summed E-state index contributed by atoms with van der Waals surface area (Å²) in [5.41, 5.74) is 0. The Kier molecular flexibility index (Phi) is 20.1. The average Bonchev–Trinajstić information content (AvgIpc) is 2.61. The lowest BCUT2D eigenvalue weighted by Gasteiger charge is -2.26. The van der Waals surface area contributed by atoms with Crippen molar-refractivity contribution in [2.75, 3.05) is 13.2 Å². The summed E-state index contributed by atoms with van der Waals surface area (Å²) < 4.78 is 18.3. The molecular formula is C22H44Cl2O3. The molecular weight excluding hydrogens is 383 g/mol. The Labute approximate surface area is 178 Å². The van der Waals surface area contributed by atoms with Crippen molar-refractivity contribution in [1.29, 1.82) is 0 Å². The third-order valence-electron chi connectivity index (χ3n) is 4.49. The van der Waals surface area contributed by atoms with Gasteiger partial charge in [0.25, 0.3) is 0 Å². The minimum atomic E-state index is -0.207. The van der Waals surface area contributed by atoms with Gasteiger partial charge in [-0.25, -0.2) is 0 Å². The van der Waals surface area contributed by atoms with Gasteiger partial charge in [-0.1, -0.05) is 39.5 Å². The largest absolute Gasteiger partial charge is 0.353 e. The van der Waals surface area contributed by atoms with Gasteiger partial charge in [-0.3, -0.25) is 0 Å². The molecule has 0 rings (SSSR count). The maximum atomic E-state index is 6.24. The minimum absolute atomic E-state index is 0.192. The molecule has 0 radical (unpaired) electrons. The Bertz CT molecular complexity index is 273. The highest BCUT2D eigenvalue weighted by atomic mass is 35.5. The van der Waals surface area contributed by atoms with Crippen molar-refractivity contribution in [3.05, 3.63) is 0 Å². The van der Waals surface area contributed by atoms with E-state index in [9.17, 15) is 0 Å². The van der Waals surface area contributed by atoms with Crippen molar-refractivity contribution in [3.8, 4) is 0 Å². The Morgan fingerprint density at radius 2 is 1.00 bits per heavy atom. The topological polar surface area (TPSA) is 27.7 Å². The second-order valence-electron chi connectivity index (χ2n) is 7.57. The van der Waals surface area contributed by atoms with E-state index in [1.165, 1.54) is 25.7 Å². The van der Waals surface area contributed by atoms with Crippen LogP contribution in [0.2, 0.25) is 0 Å². The van der Waals surface area contributed by atoms with Gasteiger partial charge < -0.3 is 14.2 Å². The maximum Gasteiger partial charge on any atom is 0.160 e. The zero-order valence-electron chi connectivity index (χ0n) is 18.2. The first kappa shape index (κ1) is 27.5. The fourth-order valence-corrected chi connectivity index (χ4v) is 3.12. The second kappa shape index (κ2) is 19.8. The van der Waals surface area contributed by atoms with E-state index in [1.807, 2.05) is 13.8 Å². The number of ether oxygens (including phenoxy) is 3. The molecule has 164 valence electrons. The molecule has 0 fully saturated rings. The summed E-state index contributed by atoms with van der Waals surface area (Å²) in [5, 5.41) is 0.383. The maximum absolute atomic E-state index is 6.24. The lowest BCUT2D eigenvalue weighted by atomic mass is 10.2. The van der Waals surface area contributed by atoms with Crippen LogP contribution in [0.5, 0.6) is 0 Å². The van der Waals surface area contributed by atoms with E-state index in [1.54, 1.807) is 0 Å². The van der Waals surface area contributed by atoms with E-state index < -0.39 is 0 Å². The van der Waals surface area contributed by atoms with Gasteiger partial charge in [-0.15, -0.1) is 23.2 Å². The van der Waals surface area contributed by atoms with Gasteiger partial charge in [0, 0.05) is 24.0 Å². The van der Waals surface area contributed by atoms with Crippen LogP contribution in [0.4, 0.5) is 0 Å². The van der Waals surface area contributed by atoms with Crippen molar-refractivity contribution < 1.29 is 14.2 Å². The number of rotatable bonds is 20. The van der Waals surface area contributed by atoms with Gasteiger partial charge >= 0.3 is 0 Å². The SMILES string of the molecule is CCCCCOC(CCCC(C)Cl)OC(CCCC(C)Cl)OCCCCC. The molecule has 4 atom stereocenters. The standard InChI is InChI=1S/C22H44Cl2O3/c1-5-7-9-17-25-21(15-11-13-19(3)23)27-22(16-12-14-20(4)24)26-18-10-8-6-2/h19-22H,5-18H2,1-4H3. The highest BCUT2D eigenvalue weighted by Crippen LogP contribution is 2.18. The number of halogens is 2. The first-order chi connectivity index (χ1) is 13.0. The Hall–Kier alpha value is 0.460. The van der Waals surface area contributed by atoms with Crippen molar-refractivity contribution in [2.45, 2.75) is 128 Å². The van der Waals surface area contributed by atoms with Crippen LogP contribution in [-0.2, 0) is 14.2 Å². The smallest absolute Gasteiger partial charge is 0.160 e. The predicted octanol–water partition coefficient (Wildman–Crippen LogP) is 7.66. The quantitative estimate of drug-likeness (QED) is 0.113. The second-order valence-corrected chi connectivity index (χ2v) is 9.06. The zero-order valence-corrected chi connectivity index (χ0v) is 19.7. The molecule has 0 amide bonds. The van der Waals surface area contributed by atoms with E-state index >= 15 is 0 Å². The monoisotopic (exact) mass is 426 g/mol. The summed E-state index contributed by atoms with van der Waals surface area (Å²) in [6, 6.07) is 0. The van der Waals surface area contributed by atoms with Crippen LogP contribution < -0.4 is 0 Å². The van der Waals surface area contributed by atoms with Gasteiger partial charge in [-0.05, 0) is 65.2 Å². The van der Waals surface area contributed by atoms with Crippen LogP contribution in [0.15, 0.2) is 0 Å². The zero-order chi connectivity index (χ0) is 20.3. The molecule has 27 heavy (non-hydrogen) atoms. The average molecular weight is 427 g/mol. The van der Waals surface area contributed by atoms with E-state index in [4.69, 9.17) is 37.4 Å². The van der Waals surface area contributed by atoms with Gasteiger partial charge in [-0.2, -0.15) is 0 Å². The molecule has 0 aliphatic heterocycles. The number of hydrogen-bond acceptors (Lipinski definition) is 3. The van der Waals surface area contributed by atoms with Crippen molar-refractivity contribution in [3.63, 3.8) is 0 Å². The van der Waals surface area contributed by atoms with Crippen LogP contribution in [0.3, 0.4) is 0 Å². The Morgan fingerprint density at radius 3 is 1.33 bits per heavy atom. The first-order valence-corrected chi connectivity index (χ1v) is 12.0. The van der Waals surface area contributed by atoms with Gasteiger partial charge in [0.2, 0.25) is 0 Å². The normalized spacial score (nSPS) is 16.2. The molecule has 0 saturated heterocycles. The van der Waals surface area contributed by atoms with Gasteiger partial charge in [0.1, 0.15) is 0 Å². The molecule has 0 N–H and O–H groups in total. The van der Waals surface area contributed by atoms with Crippen LogP contribution in [0.1, 0.15) is 105 Å². The molecule has 0 aliphatic rings. The minimum Gasteiger partial charge on any atom is -0.353 e. The lowest BCUT2D eigenvalue weighted by molar-refractivity contribution is -0.250. The van der Waals surface area contributed by atoms with E-state index in [-0.39, 0.29) is 23.3 Å². The van der Waals surface area contributed by atoms with Crippen LogP contribution in [0.25, 0.3) is 0 Å². The molecule has 0 aromatic heterocycles. The molecule has 0 spiro atoms. The Morgan fingerprint density at radius 1 is 0.593 bits per heavy atom. The Balaban J connectivity index is 4.51. The third kappa shape index (κ3) is 19.5. The van der Waals surface area contributed by atoms with Crippen molar-refractivity contribution in [1.82, 2.24) is 0 Å². The summed E-state index contributed by atoms with van der Waals surface area (Å²) >= 11 is 12.2. The number of hydrogen-bond donors (Lipinski definition) is 0. The fourth-order valence-electron chi connectivity index (χ4n) is 2.82. The molecule has 0 bridgehead atoms. The molecule has 5 heteroatoms. The summed E-state index contributed by atoms with van der Waals surface area (Å²) in [7, 11) is 0. The van der Waals surface area contributed by atoms with E-state index in [2.05, 4.69) is 13.8 Å². The van der Waals surface area contributed by atoms with Crippen molar-refractivity contribution in [2.24, 2.45) is 0 Å². The predicted molar refractivity (Wildman–Crippen MR) is 118 cm³/mol. The summed E-state index contributed by atoms with van der Waals surface area (Å²) in [5.74, 6) is 0. The van der Waals surface area contributed by atoms with E-state index in [0.29, 0.717) is 0 Å². The molecule has 0 heterocycles. The molecule has 0 aromatic carbocycles. The summed E-state index contributed by atoms with van der Waals surface area (Å²) in [6.07, 6.45) is 12.2. The van der Waals surface area contributed by atoms with E-state index in [0.717, 1.165) is 64.6 Å². The lowest BCUT2D eigenvalue weighted by Crippen LogP contribution is -2.28. The number of alkyl halides is 2. The molecule has 4 unspecified atom stereocenters. The van der Waals surface area contributed by atoms with Crippen molar-refractivity contribution >= 4 is 23.2 Å². The summed E-state index contributed by atoms with van der Waals surface area (Å²) in [4.78, 5) is 0.